The number of benzene rings is 1. The molecule has 3 heteroatoms. The molecule has 3 N–H and O–H groups in total. The molecule has 1 rings (SSSR count). The van der Waals surface area contributed by atoms with E-state index >= 15 is 0 Å². The first-order chi connectivity index (χ1) is 8.19. The lowest BCUT2D eigenvalue weighted by atomic mass is 9.98. The summed E-state index contributed by atoms with van der Waals surface area (Å²) in [5, 5.41) is 3.01. The van der Waals surface area contributed by atoms with E-state index in [4.69, 9.17) is 5.73 Å². The lowest BCUT2D eigenvalue weighted by Gasteiger charge is -2.19. The van der Waals surface area contributed by atoms with Crippen LogP contribution in [0.15, 0.2) is 30.3 Å². The highest BCUT2D eigenvalue weighted by atomic mass is 16.1. The summed E-state index contributed by atoms with van der Waals surface area (Å²) in [7, 11) is 0. The molecule has 0 spiro atoms. The summed E-state index contributed by atoms with van der Waals surface area (Å²) in [6.45, 7) is 4.48. The fraction of sp³-hybridized carbons (Fsp3) is 0.500. The lowest BCUT2D eigenvalue weighted by molar-refractivity contribution is -0.123. The first kappa shape index (κ1) is 13.7. The van der Waals surface area contributed by atoms with Crippen molar-refractivity contribution in [3.63, 3.8) is 0 Å². The Bertz CT molecular complexity index is 337. The minimum absolute atomic E-state index is 0.0275. The molecular formula is C14H22N2O. The van der Waals surface area contributed by atoms with Crippen molar-refractivity contribution in [3.8, 4) is 0 Å². The Labute approximate surface area is 103 Å². The van der Waals surface area contributed by atoms with Crippen LogP contribution in [-0.2, 0) is 4.79 Å². The van der Waals surface area contributed by atoms with Crippen LogP contribution in [0.4, 0.5) is 0 Å². The number of nitrogens with one attached hydrogen (secondary N) is 1. The Morgan fingerprint density at radius 2 is 2.00 bits per heavy atom. The molecule has 17 heavy (non-hydrogen) atoms. The summed E-state index contributed by atoms with van der Waals surface area (Å²) >= 11 is 0. The largest absolute Gasteiger partial charge is 0.353 e. The molecule has 0 heterocycles. The van der Waals surface area contributed by atoms with Gasteiger partial charge in [-0.2, -0.15) is 0 Å². The van der Waals surface area contributed by atoms with Crippen molar-refractivity contribution in [2.45, 2.75) is 38.6 Å². The number of hydrogen-bond donors (Lipinski definition) is 2. The van der Waals surface area contributed by atoms with Gasteiger partial charge in [-0.15, -0.1) is 0 Å². The van der Waals surface area contributed by atoms with Crippen LogP contribution in [0.1, 0.15) is 38.2 Å². The second-order valence-corrected chi connectivity index (χ2v) is 4.40. The molecule has 0 bridgehead atoms. The van der Waals surface area contributed by atoms with E-state index in [1.165, 1.54) is 0 Å². The molecule has 2 unspecified atom stereocenters. The number of carbonyl (C=O) groups is 1. The highest BCUT2D eigenvalue weighted by Crippen LogP contribution is 2.14. The van der Waals surface area contributed by atoms with Gasteiger partial charge in [-0.3, -0.25) is 4.79 Å². The fourth-order valence-corrected chi connectivity index (χ4v) is 1.93. The van der Waals surface area contributed by atoms with Crippen molar-refractivity contribution in [2.24, 2.45) is 5.73 Å². The average molecular weight is 234 g/mol. The number of hydrogen-bond acceptors (Lipinski definition) is 2. The molecular weight excluding hydrogens is 212 g/mol. The molecule has 0 radical (unpaired) electrons. The van der Waals surface area contributed by atoms with Crippen molar-refractivity contribution in [1.29, 1.82) is 0 Å². The van der Waals surface area contributed by atoms with Crippen LogP contribution in [0, 0.1) is 0 Å². The minimum atomic E-state index is -0.240. The predicted octanol–water partition coefficient (Wildman–Crippen LogP) is 2.03. The zero-order chi connectivity index (χ0) is 12.7. The van der Waals surface area contributed by atoms with E-state index in [9.17, 15) is 4.79 Å². The van der Waals surface area contributed by atoms with Crippen molar-refractivity contribution in [3.05, 3.63) is 35.9 Å². The van der Waals surface area contributed by atoms with Gasteiger partial charge < -0.3 is 11.1 Å². The van der Waals surface area contributed by atoms with E-state index in [-0.39, 0.29) is 17.9 Å². The molecule has 1 aromatic carbocycles. The molecule has 0 aliphatic rings. The lowest BCUT2D eigenvalue weighted by Crippen LogP contribution is -2.38. The Morgan fingerprint density at radius 3 is 2.53 bits per heavy atom. The molecule has 0 aromatic heterocycles. The molecule has 0 saturated heterocycles. The Kier molecular flexibility index (Phi) is 5.70. The maximum atomic E-state index is 12.1. The third-order valence-corrected chi connectivity index (χ3v) is 2.86. The normalized spacial score (nSPS) is 14.1. The molecule has 1 aromatic rings. The monoisotopic (exact) mass is 234 g/mol. The van der Waals surface area contributed by atoms with Gasteiger partial charge in [-0.05, 0) is 18.9 Å². The summed E-state index contributed by atoms with van der Waals surface area (Å²) in [6, 6.07) is 9.91. The van der Waals surface area contributed by atoms with E-state index in [1.807, 2.05) is 37.3 Å². The van der Waals surface area contributed by atoms with E-state index in [0.717, 1.165) is 18.4 Å². The second kappa shape index (κ2) is 7.07. The van der Waals surface area contributed by atoms with Gasteiger partial charge in [-0.25, -0.2) is 0 Å². The zero-order valence-electron chi connectivity index (χ0n) is 10.6. The maximum Gasteiger partial charge on any atom is 0.229 e. The van der Waals surface area contributed by atoms with E-state index in [0.29, 0.717) is 6.54 Å². The average Bonchev–Trinajstić information content (AvgIpc) is 2.31. The Hall–Kier alpha value is -1.35. The van der Waals surface area contributed by atoms with Crippen LogP contribution in [0.2, 0.25) is 0 Å². The van der Waals surface area contributed by atoms with Gasteiger partial charge in [0.25, 0.3) is 0 Å². The van der Waals surface area contributed by atoms with Gasteiger partial charge in [-0.1, -0.05) is 43.7 Å². The van der Waals surface area contributed by atoms with Crippen molar-refractivity contribution in [2.75, 3.05) is 6.54 Å². The summed E-state index contributed by atoms with van der Waals surface area (Å²) < 4.78 is 0. The standard InChI is InChI=1S/C14H22N2O/c1-3-7-11(2)16-14(17)13(10-15)12-8-5-4-6-9-12/h4-6,8-9,11,13H,3,7,10,15H2,1-2H3,(H,16,17). The van der Waals surface area contributed by atoms with Gasteiger partial charge in [0, 0.05) is 12.6 Å². The molecule has 0 aliphatic carbocycles. The van der Waals surface area contributed by atoms with Crippen LogP contribution in [0.3, 0.4) is 0 Å². The van der Waals surface area contributed by atoms with Crippen molar-refractivity contribution >= 4 is 5.91 Å². The van der Waals surface area contributed by atoms with Gasteiger partial charge in [0.1, 0.15) is 0 Å². The molecule has 0 aliphatic heterocycles. The molecule has 2 atom stereocenters. The fourth-order valence-electron chi connectivity index (χ4n) is 1.93. The van der Waals surface area contributed by atoms with Crippen molar-refractivity contribution < 1.29 is 4.79 Å². The number of nitrogens with two attached hydrogens (primary N) is 1. The van der Waals surface area contributed by atoms with E-state index in [1.54, 1.807) is 0 Å². The third-order valence-electron chi connectivity index (χ3n) is 2.86. The van der Waals surface area contributed by atoms with E-state index < -0.39 is 0 Å². The zero-order valence-corrected chi connectivity index (χ0v) is 10.6. The topological polar surface area (TPSA) is 55.1 Å². The number of amides is 1. The van der Waals surface area contributed by atoms with Crippen LogP contribution >= 0.6 is 0 Å². The van der Waals surface area contributed by atoms with Crippen LogP contribution in [0.25, 0.3) is 0 Å². The van der Waals surface area contributed by atoms with Gasteiger partial charge in [0.05, 0.1) is 5.92 Å². The van der Waals surface area contributed by atoms with Crippen LogP contribution in [-0.4, -0.2) is 18.5 Å². The Balaban J connectivity index is 2.65. The Morgan fingerprint density at radius 1 is 1.35 bits per heavy atom. The minimum Gasteiger partial charge on any atom is -0.353 e. The van der Waals surface area contributed by atoms with Gasteiger partial charge >= 0.3 is 0 Å². The van der Waals surface area contributed by atoms with Gasteiger partial charge in [0.15, 0.2) is 0 Å². The first-order valence-corrected chi connectivity index (χ1v) is 6.24. The molecule has 1 amide bonds. The molecule has 0 saturated carbocycles. The highest BCUT2D eigenvalue weighted by molar-refractivity contribution is 5.84. The summed E-state index contributed by atoms with van der Waals surface area (Å²) in [4.78, 5) is 12.1. The smallest absolute Gasteiger partial charge is 0.229 e. The van der Waals surface area contributed by atoms with E-state index in [2.05, 4.69) is 12.2 Å². The predicted molar refractivity (Wildman–Crippen MR) is 70.8 cm³/mol. The highest BCUT2D eigenvalue weighted by Gasteiger charge is 2.19. The molecule has 0 fully saturated rings. The SMILES string of the molecule is CCCC(C)NC(=O)C(CN)c1ccccc1. The first-order valence-electron chi connectivity index (χ1n) is 6.24. The van der Waals surface area contributed by atoms with Crippen molar-refractivity contribution in [1.82, 2.24) is 5.32 Å². The number of rotatable bonds is 6. The van der Waals surface area contributed by atoms with Crippen LogP contribution in [0.5, 0.6) is 0 Å². The summed E-state index contributed by atoms with van der Waals surface area (Å²) in [5.74, 6) is -0.213. The number of carbonyl (C=O) groups excluding carboxylic acids is 1. The second-order valence-electron chi connectivity index (χ2n) is 4.40. The molecule has 3 nitrogen and oxygen atoms in total. The third kappa shape index (κ3) is 4.19. The summed E-state index contributed by atoms with van der Waals surface area (Å²) in [6.07, 6.45) is 2.07. The summed E-state index contributed by atoms with van der Waals surface area (Å²) in [5.41, 5.74) is 6.68. The van der Waals surface area contributed by atoms with Gasteiger partial charge in [0.2, 0.25) is 5.91 Å². The quantitative estimate of drug-likeness (QED) is 0.791. The maximum absolute atomic E-state index is 12.1. The van der Waals surface area contributed by atoms with Crippen LogP contribution < -0.4 is 11.1 Å². The molecule has 94 valence electrons.